The van der Waals surface area contributed by atoms with Gasteiger partial charge in [0.1, 0.15) is 0 Å². The van der Waals surface area contributed by atoms with Crippen LogP contribution in [-0.2, 0) is 4.79 Å². The maximum absolute atomic E-state index is 11.3. The van der Waals surface area contributed by atoms with Gasteiger partial charge in [-0.2, -0.15) is 4.98 Å². The van der Waals surface area contributed by atoms with Crippen LogP contribution in [0.1, 0.15) is 32.2 Å². The lowest BCUT2D eigenvalue weighted by molar-refractivity contribution is -0.133. The average molecular weight is 268 g/mol. The first-order valence-electron chi connectivity index (χ1n) is 6.00. The van der Waals surface area contributed by atoms with Crippen LogP contribution in [0.5, 0.6) is 0 Å². The van der Waals surface area contributed by atoms with Crippen molar-refractivity contribution < 1.29 is 9.90 Å². The molecule has 6 heteroatoms. The zero-order chi connectivity index (χ0) is 13.1. The second-order valence-electron chi connectivity index (χ2n) is 4.71. The number of rotatable bonds is 4. The Kier molecular flexibility index (Phi) is 4.06. The van der Waals surface area contributed by atoms with Gasteiger partial charge in [-0.05, 0) is 25.2 Å². The van der Waals surface area contributed by atoms with E-state index in [0.717, 1.165) is 24.6 Å². The molecule has 0 amide bonds. The summed E-state index contributed by atoms with van der Waals surface area (Å²) in [5, 5.41) is 9.22. The summed E-state index contributed by atoms with van der Waals surface area (Å²) in [6.45, 7) is 2.21. The molecular formula is C12H16N2O3S. The van der Waals surface area contributed by atoms with Gasteiger partial charge in [0.05, 0.1) is 5.75 Å². The summed E-state index contributed by atoms with van der Waals surface area (Å²) >= 11 is 1.11. The predicted molar refractivity (Wildman–Crippen MR) is 68.9 cm³/mol. The fourth-order valence-electron chi connectivity index (χ4n) is 2.34. The topological polar surface area (TPSA) is 72.2 Å². The van der Waals surface area contributed by atoms with Gasteiger partial charge in [-0.25, -0.2) is 0 Å². The highest BCUT2D eigenvalue weighted by molar-refractivity contribution is 7.99. The van der Waals surface area contributed by atoms with Crippen molar-refractivity contribution in [1.29, 1.82) is 0 Å². The Morgan fingerprint density at radius 1 is 1.61 bits per heavy atom. The highest BCUT2D eigenvalue weighted by atomic mass is 32.2. The van der Waals surface area contributed by atoms with Crippen LogP contribution in [0, 0.1) is 5.92 Å². The summed E-state index contributed by atoms with van der Waals surface area (Å²) in [5.74, 6) is -0.296. The van der Waals surface area contributed by atoms with E-state index in [9.17, 15) is 9.59 Å². The van der Waals surface area contributed by atoms with E-state index < -0.39 is 5.97 Å². The minimum absolute atomic E-state index is 0.0707. The van der Waals surface area contributed by atoms with Gasteiger partial charge in [0, 0.05) is 18.3 Å². The number of aromatic nitrogens is 2. The van der Waals surface area contributed by atoms with E-state index in [1.807, 2.05) is 4.57 Å². The molecule has 1 aromatic rings. The van der Waals surface area contributed by atoms with Gasteiger partial charge in [-0.1, -0.05) is 18.7 Å². The molecule has 98 valence electrons. The standard InChI is InChI=1S/C12H16N2O3S/c1-8-2-3-9(6-8)14-5-4-10(15)13-12(14)18-7-11(16)17/h4-5,8-9H,2-3,6-7H2,1H3,(H,16,17). The van der Waals surface area contributed by atoms with Gasteiger partial charge in [-0.15, -0.1) is 0 Å². The zero-order valence-corrected chi connectivity index (χ0v) is 11.0. The molecule has 18 heavy (non-hydrogen) atoms. The number of carbonyl (C=O) groups is 1. The summed E-state index contributed by atoms with van der Waals surface area (Å²) in [7, 11) is 0. The van der Waals surface area contributed by atoms with Crippen molar-refractivity contribution >= 4 is 17.7 Å². The van der Waals surface area contributed by atoms with Crippen LogP contribution < -0.4 is 5.56 Å². The fourth-order valence-corrected chi connectivity index (χ4v) is 3.10. The molecule has 1 fully saturated rings. The Bertz CT molecular complexity index is 500. The molecule has 0 saturated heterocycles. The highest BCUT2D eigenvalue weighted by Crippen LogP contribution is 2.35. The van der Waals surface area contributed by atoms with Gasteiger partial charge in [0.25, 0.3) is 5.56 Å². The first-order chi connectivity index (χ1) is 8.56. The van der Waals surface area contributed by atoms with Gasteiger partial charge in [-0.3, -0.25) is 9.59 Å². The SMILES string of the molecule is CC1CCC(n2ccc(=O)nc2SCC(=O)O)C1. The van der Waals surface area contributed by atoms with Gasteiger partial charge >= 0.3 is 5.97 Å². The molecule has 2 unspecified atom stereocenters. The minimum Gasteiger partial charge on any atom is -0.481 e. The van der Waals surface area contributed by atoms with Crippen LogP contribution in [0.3, 0.4) is 0 Å². The third-order valence-electron chi connectivity index (χ3n) is 3.19. The normalized spacial score (nSPS) is 23.2. The van der Waals surface area contributed by atoms with Crippen LogP contribution in [0.15, 0.2) is 22.2 Å². The Labute approximate surface area is 109 Å². The first-order valence-corrected chi connectivity index (χ1v) is 6.98. The van der Waals surface area contributed by atoms with E-state index in [2.05, 4.69) is 11.9 Å². The number of hydrogen-bond acceptors (Lipinski definition) is 4. The number of carboxylic acid groups (broad SMARTS) is 1. The van der Waals surface area contributed by atoms with Crippen LogP contribution in [0.4, 0.5) is 0 Å². The predicted octanol–water partition coefficient (Wildman–Crippen LogP) is 1.78. The quantitative estimate of drug-likeness (QED) is 0.665. The third-order valence-corrected chi connectivity index (χ3v) is 4.14. The van der Waals surface area contributed by atoms with Gasteiger partial charge in [0.15, 0.2) is 5.16 Å². The molecule has 5 nitrogen and oxygen atoms in total. The second-order valence-corrected chi connectivity index (χ2v) is 5.65. The summed E-state index contributed by atoms with van der Waals surface area (Å²) in [5.41, 5.74) is -0.315. The van der Waals surface area contributed by atoms with E-state index in [1.54, 1.807) is 6.20 Å². The van der Waals surface area contributed by atoms with Crippen molar-refractivity contribution in [3.05, 3.63) is 22.6 Å². The molecule has 1 aliphatic rings. The minimum atomic E-state index is -0.899. The van der Waals surface area contributed by atoms with E-state index in [0.29, 0.717) is 17.1 Å². The average Bonchev–Trinajstić information content (AvgIpc) is 2.73. The summed E-state index contributed by atoms with van der Waals surface area (Å²) in [4.78, 5) is 25.8. The Morgan fingerprint density at radius 3 is 3.00 bits per heavy atom. The van der Waals surface area contributed by atoms with Crippen LogP contribution >= 0.6 is 11.8 Å². The molecule has 0 aliphatic heterocycles. The number of nitrogens with zero attached hydrogens (tertiary/aromatic N) is 2. The summed E-state index contributed by atoms with van der Waals surface area (Å²) < 4.78 is 1.96. The number of carboxylic acids is 1. The molecule has 0 spiro atoms. The summed E-state index contributed by atoms with van der Waals surface area (Å²) in [6, 6.07) is 1.78. The molecule has 1 N–H and O–H groups in total. The summed E-state index contributed by atoms with van der Waals surface area (Å²) in [6.07, 6.45) is 5.03. The zero-order valence-electron chi connectivity index (χ0n) is 10.2. The fraction of sp³-hybridized carbons (Fsp3) is 0.583. The van der Waals surface area contributed by atoms with Gasteiger partial charge in [0.2, 0.25) is 0 Å². The van der Waals surface area contributed by atoms with Crippen molar-refractivity contribution in [3.63, 3.8) is 0 Å². The molecule has 0 aromatic carbocycles. The molecule has 0 bridgehead atoms. The van der Waals surface area contributed by atoms with Gasteiger partial charge < -0.3 is 9.67 Å². The first kappa shape index (κ1) is 13.1. The molecule has 2 atom stereocenters. The Morgan fingerprint density at radius 2 is 2.39 bits per heavy atom. The Hall–Kier alpha value is -1.30. The maximum Gasteiger partial charge on any atom is 0.313 e. The van der Waals surface area contributed by atoms with E-state index >= 15 is 0 Å². The van der Waals surface area contributed by atoms with Crippen molar-refractivity contribution in [3.8, 4) is 0 Å². The molecular weight excluding hydrogens is 252 g/mol. The number of aliphatic carboxylic acids is 1. The van der Waals surface area contributed by atoms with Crippen LogP contribution in [0.2, 0.25) is 0 Å². The maximum atomic E-state index is 11.3. The Balaban J connectivity index is 2.22. The van der Waals surface area contributed by atoms with Crippen molar-refractivity contribution in [2.75, 3.05) is 5.75 Å². The lowest BCUT2D eigenvalue weighted by Crippen LogP contribution is -2.17. The monoisotopic (exact) mass is 268 g/mol. The van der Waals surface area contributed by atoms with Crippen LogP contribution in [-0.4, -0.2) is 26.4 Å². The molecule has 1 heterocycles. The molecule has 2 rings (SSSR count). The second kappa shape index (κ2) is 5.56. The van der Waals surface area contributed by atoms with Crippen molar-refractivity contribution in [2.45, 2.75) is 37.4 Å². The lowest BCUT2D eigenvalue weighted by atomic mass is 10.1. The molecule has 1 saturated carbocycles. The highest BCUT2D eigenvalue weighted by Gasteiger charge is 2.24. The lowest BCUT2D eigenvalue weighted by Gasteiger charge is -2.17. The number of thioether (sulfide) groups is 1. The van der Waals surface area contributed by atoms with E-state index in [-0.39, 0.29) is 11.3 Å². The molecule has 1 aliphatic carbocycles. The third kappa shape index (κ3) is 3.13. The van der Waals surface area contributed by atoms with Crippen LogP contribution in [0.25, 0.3) is 0 Å². The number of hydrogen-bond donors (Lipinski definition) is 1. The smallest absolute Gasteiger partial charge is 0.313 e. The molecule has 1 aromatic heterocycles. The van der Waals surface area contributed by atoms with Crippen molar-refractivity contribution in [1.82, 2.24) is 9.55 Å². The van der Waals surface area contributed by atoms with E-state index in [4.69, 9.17) is 5.11 Å². The largest absolute Gasteiger partial charge is 0.481 e. The van der Waals surface area contributed by atoms with E-state index in [1.165, 1.54) is 12.5 Å². The molecule has 0 radical (unpaired) electrons. The van der Waals surface area contributed by atoms with Crippen molar-refractivity contribution in [2.24, 2.45) is 5.92 Å².